The quantitative estimate of drug-likeness (QED) is 0.777. The third-order valence-corrected chi connectivity index (χ3v) is 4.43. The van der Waals surface area contributed by atoms with E-state index >= 15 is 0 Å². The van der Waals surface area contributed by atoms with E-state index in [1.807, 2.05) is 36.5 Å². The Morgan fingerprint density at radius 1 is 1.23 bits per heavy atom. The number of benzene rings is 1. The van der Waals surface area contributed by atoms with Crippen molar-refractivity contribution < 1.29 is 5.11 Å². The van der Waals surface area contributed by atoms with Crippen molar-refractivity contribution in [3.8, 4) is 0 Å². The van der Waals surface area contributed by atoms with E-state index in [1.165, 1.54) is 5.56 Å². The number of aryl methyl sites for hydroxylation is 1. The highest BCUT2D eigenvalue weighted by molar-refractivity contribution is 5.91. The lowest BCUT2D eigenvalue weighted by molar-refractivity contribution is 0.00723. The molecule has 0 unspecified atom stereocenters. The number of β-amino-alcohol motifs (C(OH)–C–C–N with tert-alkyl or cyclic N) is 1. The first kappa shape index (κ1) is 13.3. The molecule has 0 aliphatic carbocycles. The summed E-state index contributed by atoms with van der Waals surface area (Å²) >= 11 is 0. The van der Waals surface area contributed by atoms with E-state index in [1.54, 1.807) is 6.33 Å². The lowest BCUT2D eigenvalue weighted by Gasteiger charge is -2.47. The van der Waals surface area contributed by atoms with Crippen molar-refractivity contribution in [3.63, 3.8) is 0 Å². The average molecular weight is 294 g/mol. The normalized spacial score (nSPS) is 16.7. The fourth-order valence-corrected chi connectivity index (χ4v) is 3.19. The molecule has 5 heteroatoms. The van der Waals surface area contributed by atoms with Crippen molar-refractivity contribution in [2.45, 2.75) is 18.9 Å². The molecule has 1 saturated heterocycles. The fraction of sp³-hybridized carbons (Fsp3) is 0.294. The van der Waals surface area contributed by atoms with Crippen molar-refractivity contribution in [2.24, 2.45) is 0 Å². The topological polar surface area (TPSA) is 65.0 Å². The summed E-state index contributed by atoms with van der Waals surface area (Å²) in [4.78, 5) is 14.1. The van der Waals surface area contributed by atoms with E-state index in [9.17, 15) is 5.11 Å². The van der Waals surface area contributed by atoms with Gasteiger partial charge in [-0.25, -0.2) is 9.97 Å². The molecule has 22 heavy (non-hydrogen) atoms. The van der Waals surface area contributed by atoms with Crippen LogP contribution in [0.15, 0.2) is 42.9 Å². The Hall–Kier alpha value is -2.40. The summed E-state index contributed by atoms with van der Waals surface area (Å²) in [7, 11) is 0. The van der Waals surface area contributed by atoms with E-state index in [0.29, 0.717) is 13.1 Å². The van der Waals surface area contributed by atoms with Crippen LogP contribution < -0.4 is 4.90 Å². The summed E-state index contributed by atoms with van der Waals surface area (Å²) < 4.78 is 0. The Morgan fingerprint density at radius 2 is 2.00 bits per heavy atom. The Balaban J connectivity index is 1.67. The predicted molar refractivity (Wildman–Crippen MR) is 85.8 cm³/mol. The van der Waals surface area contributed by atoms with Gasteiger partial charge in [0.1, 0.15) is 23.4 Å². The second-order valence-electron chi connectivity index (χ2n) is 5.84. The molecule has 0 atom stereocenters. The van der Waals surface area contributed by atoms with Gasteiger partial charge in [0.15, 0.2) is 0 Å². The monoisotopic (exact) mass is 294 g/mol. The van der Waals surface area contributed by atoms with Crippen molar-refractivity contribution in [1.29, 1.82) is 0 Å². The molecular weight excluding hydrogens is 276 g/mol. The Kier molecular flexibility index (Phi) is 2.90. The maximum atomic E-state index is 10.8. The number of aliphatic hydroxyl groups is 1. The Bertz CT molecular complexity index is 806. The molecule has 4 rings (SSSR count). The number of rotatable bonds is 3. The highest BCUT2D eigenvalue weighted by atomic mass is 16.3. The molecule has 1 aliphatic heterocycles. The van der Waals surface area contributed by atoms with Gasteiger partial charge in [-0.1, -0.05) is 37.3 Å². The van der Waals surface area contributed by atoms with E-state index in [0.717, 1.165) is 28.8 Å². The van der Waals surface area contributed by atoms with Crippen LogP contribution >= 0.6 is 0 Å². The zero-order chi connectivity index (χ0) is 15.2. The molecule has 1 aliphatic rings. The van der Waals surface area contributed by atoms with Crippen LogP contribution in [-0.2, 0) is 12.0 Å². The molecule has 3 heterocycles. The molecule has 0 radical (unpaired) electrons. The summed E-state index contributed by atoms with van der Waals surface area (Å²) in [5, 5.41) is 11.8. The molecule has 0 saturated carbocycles. The number of hydrogen-bond acceptors (Lipinski definition) is 4. The average Bonchev–Trinajstić information content (AvgIpc) is 2.96. The van der Waals surface area contributed by atoms with E-state index < -0.39 is 5.60 Å². The van der Waals surface area contributed by atoms with Gasteiger partial charge in [-0.15, -0.1) is 0 Å². The first-order chi connectivity index (χ1) is 10.7. The van der Waals surface area contributed by atoms with Gasteiger partial charge in [-0.05, 0) is 17.5 Å². The molecule has 0 amide bonds. The zero-order valence-corrected chi connectivity index (χ0v) is 12.5. The Morgan fingerprint density at radius 3 is 2.73 bits per heavy atom. The zero-order valence-electron chi connectivity index (χ0n) is 12.5. The third kappa shape index (κ3) is 1.89. The minimum atomic E-state index is -0.790. The minimum Gasteiger partial charge on any atom is -0.381 e. The summed E-state index contributed by atoms with van der Waals surface area (Å²) in [5.74, 6) is 0.906. The maximum absolute atomic E-state index is 10.8. The lowest BCUT2D eigenvalue weighted by atomic mass is 9.86. The molecule has 1 aromatic carbocycles. The standard InChI is InChI=1S/C17H18N4O/c1-2-12-8-18-15-14(12)16(20-11-19-15)21-9-17(22,10-21)13-6-4-3-5-7-13/h3-8,11,22H,2,9-10H2,1H3,(H,18,19,20). The number of aromatic nitrogens is 3. The number of nitrogens with zero attached hydrogens (tertiary/aromatic N) is 3. The molecule has 0 spiro atoms. The SMILES string of the molecule is CCc1c[nH]c2ncnc(N3CC(O)(c4ccccc4)C3)c12. The molecule has 1 fully saturated rings. The number of H-pyrrole nitrogens is 1. The second-order valence-corrected chi connectivity index (χ2v) is 5.84. The summed E-state index contributed by atoms with van der Waals surface area (Å²) in [6.07, 6.45) is 4.50. The Labute approximate surface area is 128 Å². The van der Waals surface area contributed by atoms with Crippen LogP contribution in [0.5, 0.6) is 0 Å². The smallest absolute Gasteiger partial charge is 0.143 e. The van der Waals surface area contributed by atoms with Crippen LogP contribution in [0.4, 0.5) is 5.82 Å². The van der Waals surface area contributed by atoms with Gasteiger partial charge in [0.05, 0.1) is 18.5 Å². The number of anilines is 1. The van der Waals surface area contributed by atoms with Gasteiger partial charge in [-0.3, -0.25) is 0 Å². The van der Waals surface area contributed by atoms with Crippen molar-refractivity contribution in [1.82, 2.24) is 15.0 Å². The highest BCUT2D eigenvalue weighted by Crippen LogP contribution is 2.37. The number of fused-ring (bicyclic) bond motifs is 1. The largest absolute Gasteiger partial charge is 0.381 e. The van der Waals surface area contributed by atoms with Gasteiger partial charge in [0.2, 0.25) is 0 Å². The maximum Gasteiger partial charge on any atom is 0.143 e. The van der Waals surface area contributed by atoms with Crippen LogP contribution in [0, 0.1) is 0 Å². The number of hydrogen-bond donors (Lipinski definition) is 2. The van der Waals surface area contributed by atoms with Crippen LogP contribution in [0.1, 0.15) is 18.1 Å². The summed E-state index contributed by atoms with van der Waals surface area (Å²) in [6.45, 7) is 3.23. The van der Waals surface area contributed by atoms with Crippen LogP contribution in [0.2, 0.25) is 0 Å². The van der Waals surface area contributed by atoms with Gasteiger partial charge in [0.25, 0.3) is 0 Å². The number of nitrogens with one attached hydrogen (secondary N) is 1. The fourth-order valence-electron chi connectivity index (χ4n) is 3.19. The molecular formula is C17H18N4O. The summed E-state index contributed by atoms with van der Waals surface area (Å²) in [6, 6.07) is 9.83. The minimum absolute atomic E-state index is 0.553. The van der Waals surface area contributed by atoms with E-state index in [2.05, 4.69) is 26.8 Å². The van der Waals surface area contributed by atoms with Crippen molar-refractivity contribution in [2.75, 3.05) is 18.0 Å². The van der Waals surface area contributed by atoms with Crippen LogP contribution in [0.3, 0.4) is 0 Å². The molecule has 2 N–H and O–H groups in total. The lowest BCUT2D eigenvalue weighted by Crippen LogP contribution is -2.59. The van der Waals surface area contributed by atoms with Crippen LogP contribution in [-0.4, -0.2) is 33.1 Å². The second kappa shape index (κ2) is 4.81. The summed E-state index contributed by atoms with van der Waals surface area (Å²) in [5.41, 5.74) is 2.24. The van der Waals surface area contributed by atoms with Crippen LogP contribution in [0.25, 0.3) is 11.0 Å². The first-order valence-corrected chi connectivity index (χ1v) is 7.55. The predicted octanol–water partition coefficient (Wildman–Crippen LogP) is 2.23. The first-order valence-electron chi connectivity index (χ1n) is 7.55. The van der Waals surface area contributed by atoms with Gasteiger partial charge >= 0.3 is 0 Å². The molecule has 2 aromatic heterocycles. The van der Waals surface area contributed by atoms with E-state index in [-0.39, 0.29) is 0 Å². The molecule has 5 nitrogen and oxygen atoms in total. The van der Waals surface area contributed by atoms with Crippen molar-refractivity contribution in [3.05, 3.63) is 54.0 Å². The van der Waals surface area contributed by atoms with E-state index in [4.69, 9.17) is 0 Å². The van der Waals surface area contributed by atoms with Gasteiger partial charge in [0, 0.05) is 6.20 Å². The highest BCUT2D eigenvalue weighted by Gasteiger charge is 2.43. The van der Waals surface area contributed by atoms with Crippen molar-refractivity contribution >= 4 is 16.9 Å². The molecule has 3 aromatic rings. The number of aromatic amines is 1. The molecule has 0 bridgehead atoms. The third-order valence-electron chi connectivity index (χ3n) is 4.43. The molecule has 112 valence electrons. The van der Waals surface area contributed by atoms with Gasteiger partial charge in [-0.2, -0.15) is 0 Å². The van der Waals surface area contributed by atoms with Gasteiger partial charge < -0.3 is 15.0 Å².